The molecule has 102 valence electrons. The highest BCUT2D eigenvalue weighted by atomic mass is 16.2. The third kappa shape index (κ3) is 5.33. The normalized spacial score (nSPS) is 9.68. The molecule has 0 aromatic carbocycles. The molecule has 0 fully saturated rings. The third-order valence-corrected chi connectivity index (χ3v) is 2.32. The van der Waals surface area contributed by atoms with E-state index >= 15 is 0 Å². The van der Waals surface area contributed by atoms with Crippen molar-refractivity contribution in [3.05, 3.63) is 35.5 Å². The monoisotopic (exact) mass is 261 g/mol. The van der Waals surface area contributed by atoms with Crippen LogP contribution in [0.3, 0.4) is 0 Å². The number of allylic oxidation sites excluding steroid dienone is 1. The van der Waals surface area contributed by atoms with Crippen molar-refractivity contribution in [2.45, 2.75) is 20.8 Å². The molecule has 1 rings (SSSR count). The number of likely N-dealkylation sites (N-methyl/N-ethyl adjacent to an activating group) is 1. The van der Waals surface area contributed by atoms with Gasteiger partial charge in [0.05, 0.1) is 6.54 Å². The molecule has 1 N–H and O–H groups in total. The lowest BCUT2D eigenvalue weighted by Crippen LogP contribution is -2.34. The molecule has 0 aliphatic rings. The van der Waals surface area contributed by atoms with Crippen LogP contribution < -0.4 is 5.32 Å². The highest BCUT2D eigenvalue weighted by molar-refractivity contribution is 5.96. The van der Waals surface area contributed by atoms with Crippen LogP contribution >= 0.6 is 0 Å². The van der Waals surface area contributed by atoms with Crippen molar-refractivity contribution < 1.29 is 9.59 Å². The van der Waals surface area contributed by atoms with Crippen LogP contribution in [0.25, 0.3) is 0 Å². The molecule has 0 bridgehead atoms. The lowest BCUT2D eigenvalue weighted by atomic mass is 10.3. The molecule has 1 heterocycles. The van der Waals surface area contributed by atoms with Gasteiger partial charge in [-0.1, -0.05) is 11.6 Å². The second-order valence-electron chi connectivity index (χ2n) is 4.63. The zero-order valence-electron chi connectivity index (χ0n) is 11.7. The molecule has 5 heteroatoms. The van der Waals surface area contributed by atoms with Crippen molar-refractivity contribution in [2.75, 3.05) is 18.9 Å². The summed E-state index contributed by atoms with van der Waals surface area (Å²) in [6, 6.07) is 5.37. The average molecular weight is 261 g/mol. The Morgan fingerprint density at radius 3 is 2.63 bits per heavy atom. The van der Waals surface area contributed by atoms with Crippen LogP contribution in [-0.4, -0.2) is 35.3 Å². The molecule has 19 heavy (non-hydrogen) atoms. The molecule has 0 unspecified atom stereocenters. The van der Waals surface area contributed by atoms with E-state index in [0.29, 0.717) is 5.82 Å². The fraction of sp³-hybridized carbons (Fsp3) is 0.357. The van der Waals surface area contributed by atoms with Crippen molar-refractivity contribution in [3.63, 3.8) is 0 Å². The number of amides is 2. The molecular formula is C14H19N3O2. The summed E-state index contributed by atoms with van der Waals surface area (Å²) in [5, 5.41) is 2.66. The van der Waals surface area contributed by atoms with Crippen molar-refractivity contribution in [2.24, 2.45) is 0 Å². The quantitative estimate of drug-likeness (QED) is 0.840. The number of nitrogens with zero attached hydrogens (tertiary/aromatic N) is 2. The first-order valence-electron chi connectivity index (χ1n) is 6.02. The van der Waals surface area contributed by atoms with Gasteiger partial charge in [0.2, 0.25) is 11.8 Å². The van der Waals surface area contributed by atoms with Gasteiger partial charge in [0.15, 0.2) is 0 Å². The van der Waals surface area contributed by atoms with Crippen LogP contribution in [0.4, 0.5) is 5.82 Å². The summed E-state index contributed by atoms with van der Waals surface area (Å²) in [6.45, 7) is 5.52. The van der Waals surface area contributed by atoms with Gasteiger partial charge in [-0.15, -0.1) is 0 Å². The van der Waals surface area contributed by atoms with E-state index in [1.54, 1.807) is 13.1 Å². The Morgan fingerprint density at radius 1 is 1.37 bits per heavy atom. The van der Waals surface area contributed by atoms with Gasteiger partial charge in [0, 0.05) is 18.8 Å². The van der Waals surface area contributed by atoms with Crippen LogP contribution in [0, 0.1) is 6.92 Å². The molecule has 0 atom stereocenters. The number of aromatic nitrogens is 1. The molecule has 1 aromatic heterocycles. The Morgan fingerprint density at radius 2 is 2.05 bits per heavy atom. The van der Waals surface area contributed by atoms with E-state index in [1.165, 1.54) is 11.0 Å². The Kier molecular flexibility index (Phi) is 5.23. The lowest BCUT2D eigenvalue weighted by Gasteiger charge is -2.15. The molecule has 0 aliphatic heterocycles. The summed E-state index contributed by atoms with van der Waals surface area (Å²) < 4.78 is 0. The molecule has 1 aromatic rings. The molecule has 0 aliphatic carbocycles. The van der Waals surface area contributed by atoms with E-state index in [-0.39, 0.29) is 18.4 Å². The van der Waals surface area contributed by atoms with E-state index in [0.717, 1.165) is 11.3 Å². The molecular weight excluding hydrogens is 242 g/mol. The predicted octanol–water partition coefficient (Wildman–Crippen LogP) is 1.75. The highest BCUT2D eigenvalue weighted by Gasteiger charge is 2.11. The van der Waals surface area contributed by atoms with Crippen LogP contribution in [0.1, 0.15) is 19.5 Å². The van der Waals surface area contributed by atoms with Crippen LogP contribution in [0.5, 0.6) is 0 Å². The number of rotatable bonds is 4. The van der Waals surface area contributed by atoms with E-state index in [1.807, 2.05) is 32.9 Å². The summed E-state index contributed by atoms with van der Waals surface area (Å²) in [5.74, 6) is 0.0384. The number of anilines is 1. The first-order valence-corrected chi connectivity index (χ1v) is 6.02. The number of hydrogen-bond donors (Lipinski definition) is 1. The van der Waals surface area contributed by atoms with E-state index in [9.17, 15) is 9.59 Å². The summed E-state index contributed by atoms with van der Waals surface area (Å²) in [7, 11) is 1.59. The van der Waals surface area contributed by atoms with Crippen LogP contribution in [0.2, 0.25) is 0 Å². The maximum absolute atomic E-state index is 11.8. The number of nitrogens with one attached hydrogen (secondary N) is 1. The summed E-state index contributed by atoms with van der Waals surface area (Å²) in [4.78, 5) is 28.9. The third-order valence-electron chi connectivity index (χ3n) is 2.32. The summed E-state index contributed by atoms with van der Waals surface area (Å²) in [6.07, 6.45) is 1.50. The second kappa shape index (κ2) is 6.68. The van der Waals surface area contributed by atoms with Crippen LogP contribution in [0.15, 0.2) is 29.8 Å². The van der Waals surface area contributed by atoms with Crippen molar-refractivity contribution >= 4 is 17.6 Å². The fourth-order valence-corrected chi connectivity index (χ4v) is 1.45. The molecule has 0 saturated carbocycles. The number of aryl methyl sites for hydroxylation is 1. The molecule has 0 saturated heterocycles. The standard InChI is InChI=1S/C14H19N3O2/c1-10(2)8-14(19)17(4)9-13(18)16-12-7-5-6-11(3)15-12/h5-8H,9H2,1-4H3,(H,15,16,18). The van der Waals surface area contributed by atoms with Gasteiger partial charge in [0.1, 0.15) is 5.82 Å². The van der Waals surface area contributed by atoms with Gasteiger partial charge in [0.25, 0.3) is 0 Å². The smallest absolute Gasteiger partial charge is 0.246 e. The Bertz CT molecular complexity index is 505. The number of carbonyl (C=O) groups excluding carboxylic acids is 2. The van der Waals surface area contributed by atoms with Crippen molar-refractivity contribution in [1.29, 1.82) is 0 Å². The van der Waals surface area contributed by atoms with Gasteiger partial charge in [-0.25, -0.2) is 4.98 Å². The number of hydrogen-bond acceptors (Lipinski definition) is 3. The van der Waals surface area contributed by atoms with Gasteiger partial charge < -0.3 is 10.2 Å². The maximum atomic E-state index is 11.8. The largest absolute Gasteiger partial charge is 0.333 e. The maximum Gasteiger partial charge on any atom is 0.246 e. The SMILES string of the molecule is CC(C)=CC(=O)N(C)CC(=O)Nc1cccc(C)n1. The zero-order valence-corrected chi connectivity index (χ0v) is 11.7. The molecule has 2 amide bonds. The molecule has 0 spiro atoms. The molecule has 5 nitrogen and oxygen atoms in total. The van der Waals surface area contributed by atoms with Gasteiger partial charge in [-0.2, -0.15) is 0 Å². The predicted molar refractivity (Wildman–Crippen MR) is 74.7 cm³/mol. The fourth-order valence-electron chi connectivity index (χ4n) is 1.45. The second-order valence-corrected chi connectivity index (χ2v) is 4.63. The minimum atomic E-state index is -0.267. The Hall–Kier alpha value is -2.17. The zero-order chi connectivity index (χ0) is 14.4. The summed E-state index contributed by atoms with van der Waals surface area (Å²) in [5.41, 5.74) is 1.73. The lowest BCUT2D eigenvalue weighted by molar-refractivity contribution is -0.129. The number of carbonyl (C=O) groups is 2. The first kappa shape index (κ1) is 14.9. The van der Waals surface area contributed by atoms with Crippen molar-refractivity contribution in [3.8, 4) is 0 Å². The van der Waals surface area contributed by atoms with Gasteiger partial charge in [-0.05, 0) is 32.9 Å². The summed E-state index contributed by atoms with van der Waals surface area (Å²) >= 11 is 0. The van der Waals surface area contributed by atoms with Gasteiger partial charge in [-0.3, -0.25) is 9.59 Å². The van der Waals surface area contributed by atoms with Crippen LogP contribution in [-0.2, 0) is 9.59 Å². The van der Waals surface area contributed by atoms with E-state index in [4.69, 9.17) is 0 Å². The average Bonchev–Trinajstić information content (AvgIpc) is 2.27. The minimum absolute atomic E-state index is 0.00175. The van der Waals surface area contributed by atoms with Crippen molar-refractivity contribution in [1.82, 2.24) is 9.88 Å². The van der Waals surface area contributed by atoms with E-state index in [2.05, 4.69) is 10.3 Å². The Balaban J connectivity index is 2.56. The van der Waals surface area contributed by atoms with E-state index < -0.39 is 0 Å². The Labute approximate surface area is 113 Å². The first-order chi connectivity index (χ1) is 8.88. The topological polar surface area (TPSA) is 62.3 Å². The number of pyridine rings is 1. The minimum Gasteiger partial charge on any atom is -0.333 e. The molecule has 0 radical (unpaired) electrons. The highest BCUT2D eigenvalue weighted by Crippen LogP contribution is 2.03. The van der Waals surface area contributed by atoms with Gasteiger partial charge >= 0.3 is 0 Å².